The molecule has 0 heterocycles. The first-order chi connectivity index (χ1) is 10.9. The number of methoxy groups -OCH3 is 1. The molecule has 0 spiro atoms. The summed E-state index contributed by atoms with van der Waals surface area (Å²) in [6.07, 6.45) is -2.48. The normalized spacial score (nSPS) is 12.4. The second-order valence-electron chi connectivity index (χ2n) is 5.59. The summed E-state index contributed by atoms with van der Waals surface area (Å²) in [5.74, 6) is 1.06. The Morgan fingerprint density at radius 1 is 1.30 bits per heavy atom. The van der Waals surface area contributed by atoms with Crippen LogP contribution in [0.15, 0.2) is 29.3 Å². The van der Waals surface area contributed by atoms with Crippen molar-refractivity contribution < 1.29 is 18.3 Å². The summed E-state index contributed by atoms with van der Waals surface area (Å²) < 4.78 is 34.7. The predicted molar refractivity (Wildman–Crippen MR) is 87.2 cm³/mol. The fourth-order valence-corrected chi connectivity index (χ4v) is 1.68. The molecule has 5 nitrogen and oxygen atoms in total. The summed E-state index contributed by atoms with van der Waals surface area (Å²) >= 11 is 0. The maximum absolute atomic E-state index is 12.2. The molecule has 0 saturated heterocycles. The smallest absolute Gasteiger partial charge is 0.272 e. The Morgan fingerprint density at radius 2 is 2.04 bits per heavy atom. The van der Waals surface area contributed by atoms with Crippen LogP contribution in [0.25, 0.3) is 0 Å². The number of ether oxygens (including phenoxy) is 2. The highest BCUT2D eigenvalue weighted by Gasteiger charge is 2.16. The molecule has 1 rings (SSSR count). The third-order valence-electron chi connectivity index (χ3n) is 3.19. The van der Waals surface area contributed by atoms with Gasteiger partial charge in [0, 0.05) is 27.2 Å². The number of nitrogens with zero attached hydrogens (tertiary/aromatic N) is 1. The number of rotatable bonds is 8. The summed E-state index contributed by atoms with van der Waals surface area (Å²) in [5, 5.41) is 6.32. The molecule has 0 aliphatic rings. The summed E-state index contributed by atoms with van der Waals surface area (Å²) in [4.78, 5) is 4.13. The van der Waals surface area contributed by atoms with Crippen molar-refractivity contribution in [1.82, 2.24) is 10.6 Å². The van der Waals surface area contributed by atoms with Crippen LogP contribution in [0.5, 0.6) is 5.75 Å². The van der Waals surface area contributed by atoms with Crippen molar-refractivity contribution in [3.63, 3.8) is 0 Å². The van der Waals surface area contributed by atoms with Crippen LogP contribution in [-0.2, 0) is 11.3 Å². The molecule has 0 unspecified atom stereocenters. The van der Waals surface area contributed by atoms with Gasteiger partial charge in [0.25, 0.3) is 6.43 Å². The van der Waals surface area contributed by atoms with Crippen molar-refractivity contribution >= 4 is 5.96 Å². The van der Waals surface area contributed by atoms with Gasteiger partial charge in [-0.15, -0.1) is 0 Å². The quantitative estimate of drug-likeness (QED) is 0.568. The molecular formula is C16H25F2N3O2. The van der Waals surface area contributed by atoms with Crippen molar-refractivity contribution in [2.75, 3.05) is 27.3 Å². The topological polar surface area (TPSA) is 54.9 Å². The number of guanidine groups is 1. The lowest BCUT2D eigenvalue weighted by Gasteiger charge is -2.24. The summed E-state index contributed by atoms with van der Waals surface area (Å²) in [6.45, 7) is 4.43. The fourth-order valence-electron chi connectivity index (χ4n) is 1.68. The van der Waals surface area contributed by atoms with E-state index in [1.54, 1.807) is 32.4 Å². The second-order valence-corrected chi connectivity index (χ2v) is 5.59. The molecular weight excluding hydrogens is 304 g/mol. The lowest BCUT2D eigenvalue weighted by Crippen LogP contribution is -2.45. The Hall–Kier alpha value is -1.89. The van der Waals surface area contributed by atoms with E-state index in [4.69, 9.17) is 9.47 Å². The van der Waals surface area contributed by atoms with Crippen molar-refractivity contribution in [2.24, 2.45) is 4.99 Å². The summed E-state index contributed by atoms with van der Waals surface area (Å²) in [7, 11) is 3.33. The van der Waals surface area contributed by atoms with Crippen LogP contribution >= 0.6 is 0 Å². The highest BCUT2D eigenvalue weighted by Crippen LogP contribution is 2.14. The maximum atomic E-state index is 12.2. The van der Waals surface area contributed by atoms with E-state index in [-0.39, 0.29) is 5.60 Å². The number of halogens is 2. The molecule has 1 aromatic carbocycles. The molecule has 0 amide bonds. The molecule has 7 heteroatoms. The molecule has 1 aromatic rings. The van der Waals surface area contributed by atoms with Crippen LogP contribution in [0.3, 0.4) is 0 Å². The molecule has 0 fully saturated rings. The Balaban J connectivity index is 2.51. The first kappa shape index (κ1) is 19.2. The van der Waals surface area contributed by atoms with Crippen LogP contribution in [-0.4, -0.2) is 45.3 Å². The predicted octanol–water partition coefficient (Wildman–Crippen LogP) is 2.42. The zero-order chi connectivity index (χ0) is 17.3. The molecule has 0 saturated carbocycles. The minimum absolute atomic E-state index is 0.305. The Bertz CT molecular complexity index is 508. The van der Waals surface area contributed by atoms with Gasteiger partial charge in [-0.05, 0) is 31.5 Å². The van der Waals surface area contributed by atoms with Gasteiger partial charge in [0.1, 0.15) is 12.4 Å². The highest BCUT2D eigenvalue weighted by atomic mass is 19.3. The number of nitrogens with one attached hydrogen (secondary N) is 2. The highest BCUT2D eigenvalue weighted by molar-refractivity contribution is 5.79. The van der Waals surface area contributed by atoms with Crippen LogP contribution in [0, 0.1) is 0 Å². The van der Waals surface area contributed by atoms with Gasteiger partial charge in [0.2, 0.25) is 0 Å². The Kier molecular flexibility index (Phi) is 7.74. The number of benzene rings is 1. The zero-order valence-electron chi connectivity index (χ0n) is 14.0. The molecule has 0 aromatic heterocycles. The maximum Gasteiger partial charge on any atom is 0.272 e. The SMILES string of the molecule is CN=C(NCc1cccc(OCC(F)F)c1)NCC(C)(C)OC. The number of hydrogen-bond donors (Lipinski definition) is 2. The number of aliphatic imine (C=N–C) groups is 1. The molecule has 23 heavy (non-hydrogen) atoms. The van der Waals surface area contributed by atoms with E-state index in [2.05, 4.69) is 15.6 Å². The van der Waals surface area contributed by atoms with E-state index in [0.717, 1.165) is 5.56 Å². The number of hydrogen-bond acceptors (Lipinski definition) is 3. The lowest BCUT2D eigenvalue weighted by atomic mass is 10.1. The van der Waals surface area contributed by atoms with E-state index >= 15 is 0 Å². The van der Waals surface area contributed by atoms with Crippen LogP contribution < -0.4 is 15.4 Å². The third kappa shape index (κ3) is 7.78. The minimum Gasteiger partial charge on any atom is -0.488 e. The van der Waals surface area contributed by atoms with Gasteiger partial charge >= 0.3 is 0 Å². The van der Waals surface area contributed by atoms with Gasteiger partial charge in [-0.2, -0.15) is 0 Å². The fraction of sp³-hybridized carbons (Fsp3) is 0.562. The Labute approximate surface area is 136 Å². The van der Waals surface area contributed by atoms with E-state index in [0.29, 0.717) is 24.8 Å². The van der Waals surface area contributed by atoms with Crippen LogP contribution in [0.1, 0.15) is 19.4 Å². The van der Waals surface area contributed by atoms with Gasteiger partial charge in [-0.1, -0.05) is 12.1 Å². The average Bonchev–Trinajstić information content (AvgIpc) is 2.53. The largest absolute Gasteiger partial charge is 0.488 e. The van der Waals surface area contributed by atoms with Gasteiger partial charge in [0.15, 0.2) is 5.96 Å². The molecule has 0 radical (unpaired) electrons. The molecule has 0 bridgehead atoms. The van der Waals surface area contributed by atoms with Gasteiger partial charge in [-0.3, -0.25) is 4.99 Å². The van der Waals surface area contributed by atoms with Crippen molar-refractivity contribution in [3.8, 4) is 5.75 Å². The molecule has 0 atom stereocenters. The molecule has 2 N–H and O–H groups in total. The lowest BCUT2D eigenvalue weighted by molar-refractivity contribution is 0.0268. The van der Waals surface area contributed by atoms with Crippen molar-refractivity contribution in [1.29, 1.82) is 0 Å². The summed E-state index contributed by atoms with van der Waals surface area (Å²) in [5.41, 5.74) is 0.603. The van der Waals surface area contributed by atoms with Crippen LogP contribution in [0.4, 0.5) is 8.78 Å². The second kappa shape index (κ2) is 9.29. The first-order valence-electron chi connectivity index (χ1n) is 7.36. The van der Waals surface area contributed by atoms with Crippen molar-refractivity contribution in [3.05, 3.63) is 29.8 Å². The number of alkyl halides is 2. The molecule has 0 aliphatic heterocycles. The van der Waals surface area contributed by atoms with Crippen LogP contribution in [0.2, 0.25) is 0 Å². The van der Waals surface area contributed by atoms with E-state index in [1.165, 1.54) is 0 Å². The summed E-state index contributed by atoms with van der Waals surface area (Å²) in [6, 6.07) is 7.03. The van der Waals surface area contributed by atoms with Gasteiger partial charge in [0.05, 0.1) is 5.60 Å². The van der Waals surface area contributed by atoms with E-state index in [1.807, 2.05) is 19.9 Å². The Morgan fingerprint density at radius 3 is 2.65 bits per heavy atom. The third-order valence-corrected chi connectivity index (χ3v) is 3.19. The monoisotopic (exact) mass is 329 g/mol. The average molecular weight is 329 g/mol. The zero-order valence-corrected chi connectivity index (χ0v) is 14.0. The standard InChI is InChI=1S/C16H25F2N3O2/c1-16(2,22-4)11-21-15(19-3)20-9-12-6-5-7-13(8-12)23-10-14(17)18/h5-8,14H,9-11H2,1-4H3,(H2,19,20,21). The molecule has 0 aliphatic carbocycles. The molecule has 130 valence electrons. The van der Waals surface area contributed by atoms with Crippen molar-refractivity contribution in [2.45, 2.75) is 32.4 Å². The van der Waals surface area contributed by atoms with E-state index in [9.17, 15) is 8.78 Å². The first-order valence-corrected chi connectivity index (χ1v) is 7.36. The minimum atomic E-state index is -2.48. The van der Waals surface area contributed by atoms with Gasteiger partial charge in [-0.25, -0.2) is 8.78 Å². The van der Waals surface area contributed by atoms with Gasteiger partial charge < -0.3 is 20.1 Å². The van der Waals surface area contributed by atoms with E-state index < -0.39 is 13.0 Å².